The van der Waals surface area contributed by atoms with Crippen LogP contribution in [0.3, 0.4) is 0 Å². The van der Waals surface area contributed by atoms with Gasteiger partial charge in [0.1, 0.15) is 11.3 Å². The number of phenols is 1. The highest BCUT2D eigenvalue weighted by Crippen LogP contribution is 2.39. The number of phenolic OH excluding ortho intramolecular Hbond substituents is 1. The van der Waals surface area contributed by atoms with Gasteiger partial charge in [0, 0.05) is 11.6 Å². The van der Waals surface area contributed by atoms with Crippen molar-refractivity contribution in [3.8, 4) is 5.75 Å². The maximum absolute atomic E-state index is 11.5. The molecule has 1 aliphatic heterocycles. The molecule has 19 heavy (non-hydrogen) atoms. The van der Waals surface area contributed by atoms with Gasteiger partial charge >= 0.3 is 5.97 Å². The molecule has 2 N–H and O–H groups in total. The van der Waals surface area contributed by atoms with E-state index in [9.17, 15) is 15.0 Å². The molecule has 4 heteroatoms. The summed E-state index contributed by atoms with van der Waals surface area (Å²) in [5, 5.41) is 19.5. The van der Waals surface area contributed by atoms with Gasteiger partial charge in [0.15, 0.2) is 0 Å². The van der Waals surface area contributed by atoms with Crippen LogP contribution in [-0.4, -0.2) is 33.2 Å². The van der Waals surface area contributed by atoms with E-state index in [0.717, 1.165) is 24.1 Å². The molecule has 1 fully saturated rings. The fourth-order valence-electron chi connectivity index (χ4n) is 3.01. The van der Waals surface area contributed by atoms with E-state index in [0.29, 0.717) is 6.42 Å². The van der Waals surface area contributed by atoms with Gasteiger partial charge in [-0.2, -0.15) is 0 Å². The minimum atomic E-state index is -0.838. The van der Waals surface area contributed by atoms with E-state index in [1.54, 1.807) is 13.0 Å². The van der Waals surface area contributed by atoms with E-state index in [4.69, 9.17) is 0 Å². The first kappa shape index (κ1) is 13.9. The summed E-state index contributed by atoms with van der Waals surface area (Å²) in [5.74, 6) is -0.554. The zero-order chi connectivity index (χ0) is 14.2. The summed E-state index contributed by atoms with van der Waals surface area (Å²) < 4.78 is 0. The van der Waals surface area contributed by atoms with Crippen molar-refractivity contribution in [2.45, 2.75) is 45.2 Å². The lowest BCUT2D eigenvalue weighted by molar-refractivity contribution is -0.149. The number of aliphatic carboxylic acids is 1. The quantitative estimate of drug-likeness (QED) is 0.880. The fourth-order valence-corrected chi connectivity index (χ4v) is 3.01. The lowest BCUT2D eigenvalue weighted by Gasteiger charge is -2.36. The Balaban J connectivity index is 2.36. The predicted octanol–water partition coefficient (Wildman–Crippen LogP) is 2.70. The summed E-state index contributed by atoms with van der Waals surface area (Å²) in [4.78, 5) is 13.5. The number of carboxylic acids is 1. The summed E-state index contributed by atoms with van der Waals surface area (Å²) >= 11 is 0. The van der Waals surface area contributed by atoms with Crippen LogP contribution in [0.5, 0.6) is 5.75 Å². The average Bonchev–Trinajstić information content (AvgIpc) is 2.75. The Morgan fingerprint density at radius 3 is 2.79 bits per heavy atom. The Morgan fingerprint density at radius 2 is 2.16 bits per heavy atom. The van der Waals surface area contributed by atoms with E-state index in [2.05, 4.69) is 0 Å². The lowest BCUT2D eigenvalue weighted by Crippen LogP contribution is -2.48. The maximum Gasteiger partial charge on any atom is 0.323 e. The van der Waals surface area contributed by atoms with Crippen molar-refractivity contribution in [2.24, 2.45) is 0 Å². The third-order valence-electron chi connectivity index (χ3n) is 4.26. The SMILES string of the molecule is Cc1ccc(O)c(C(C)N2CCCC2(C)C(=O)O)c1. The van der Waals surface area contributed by atoms with Gasteiger partial charge in [-0.25, -0.2) is 0 Å². The standard InChI is InChI=1S/C15H21NO3/c1-10-5-6-13(17)12(9-10)11(2)16-8-4-7-15(16,3)14(18)19/h5-6,9,11,17H,4,7-8H2,1-3H3,(H,18,19). The van der Waals surface area contributed by atoms with Gasteiger partial charge in [0.2, 0.25) is 0 Å². The second-order valence-corrected chi connectivity index (χ2v) is 5.61. The van der Waals surface area contributed by atoms with E-state index < -0.39 is 11.5 Å². The molecule has 0 aliphatic carbocycles. The summed E-state index contributed by atoms with van der Waals surface area (Å²) in [5.41, 5.74) is 1.03. The smallest absolute Gasteiger partial charge is 0.323 e. The normalized spacial score (nSPS) is 25.4. The number of rotatable bonds is 3. The highest BCUT2D eigenvalue weighted by atomic mass is 16.4. The number of hydrogen-bond donors (Lipinski definition) is 2. The zero-order valence-electron chi connectivity index (χ0n) is 11.7. The van der Waals surface area contributed by atoms with E-state index >= 15 is 0 Å². The highest BCUT2D eigenvalue weighted by molar-refractivity contribution is 5.78. The van der Waals surface area contributed by atoms with Crippen molar-refractivity contribution in [3.05, 3.63) is 29.3 Å². The molecule has 0 spiro atoms. The van der Waals surface area contributed by atoms with Gasteiger partial charge in [-0.3, -0.25) is 9.69 Å². The summed E-state index contributed by atoms with van der Waals surface area (Å²) in [6.07, 6.45) is 1.53. The van der Waals surface area contributed by atoms with Crippen LogP contribution >= 0.6 is 0 Å². The Labute approximate surface area is 113 Å². The second-order valence-electron chi connectivity index (χ2n) is 5.61. The van der Waals surface area contributed by atoms with Crippen molar-refractivity contribution in [1.82, 2.24) is 4.90 Å². The Morgan fingerprint density at radius 1 is 1.47 bits per heavy atom. The number of aromatic hydroxyl groups is 1. The van der Waals surface area contributed by atoms with Gasteiger partial charge < -0.3 is 10.2 Å². The molecule has 1 heterocycles. The van der Waals surface area contributed by atoms with Crippen LogP contribution in [0, 0.1) is 6.92 Å². The molecular formula is C15H21NO3. The van der Waals surface area contributed by atoms with Gasteiger partial charge in [-0.15, -0.1) is 0 Å². The molecule has 2 rings (SSSR count). The van der Waals surface area contributed by atoms with Gasteiger partial charge in [-0.1, -0.05) is 17.7 Å². The van der Waals surface area contributed by atoms with Gasteiger partial charge in [-0.05, 0) is 46.2 Å². The molecule has 1 aromatic rings. The zero-order valence-corrected chi connectivity index (χ0v) is 11.7. The number of aryl methyl sites for hydroxylation is 1. The Hall–Kier alpha value is -1.55. The van der Waals surface area contributed by atoms with Crippen molar-refractivity contribution in [2.75, 3.05) is 6.54 Å². The second kappa shape index (κ2) is 4.85. The van der Waals surface area contributed by atoms with Crippen molar-refractivity contribution in [3.63, 3.8) is 0 Å². The van der Waals surface area contributed by atoms with Crippen molar-refractivity contribution >= 4 is 5.97 Å². The van der Waals surface area contributed by atoms with E-state index in [1.165, 1.54) is 0 Å². The molecule has 0 bridgehead atoms. The molecule has 2 unspecified atom stereocenters. The average molecular weight is 263 g/mol. The van der Waals surface area contributed by atoms with Crippen LogP contribution in [0.25, 0.3) is 0 Å². The van der Waals surface area contributed by atoms with Gasteiger partial charge in [0.05, 0.1) is 0 Å². The minimum Gasteiger partial charge on any atom is -0.508 e. The van der Waals surface area contributed by atoms with Crippen LogP contribution in [0.2, 0.25) is 0 Å². The Kier molecular flexibility index (Phi) is 3.54. The fraction of sp³-hybridized carbons (Fsp3) is 0.533. The number of nitrogens with zero attached hydrogens (tertiary/aromatic N) is 1. The van der Waals surface area contributed by atoms with Crippen molar-refractivity contribution < 1.29 is 15.0 Å². The van der Waals surface area contributed by atoms with Crippen LogP contribution in [0.4, 0.5) is 0 Å². The molecule has 1 saturated heterocycles. The number of carboxylic acid groups (broad SMARTS) is 1. The summed E-state index contributed by atoms with van der Waals surface area (Å²) in [7, 11) is 0. The number of benzene rings is 1. The van der Waals surface area contributed by atoms with Crippen LogP contribution < -0.4 is 0 Å². The molecule has 104 valence electrons. The molecule has 1 aromatic carbocycles. The first-order valence-corrected chi connectivity index (χ1v) is 6.66. The van der Waals surface area contributed by atoms with Crippen molar-refractivity contribution in [1.29, 1.82) is 0 Å². The third kappa shape index (κ3) is 2.32. The number of likely N-dealkylation sites (tertiary alicyclic amines) is 1. The molecule has 0 aromatic heterocycles. The van der Waals surface area contributed by atoms with Crippen LogP contribution in [-0.2, 0) is 4.79 Å². The maximum atomic E-state index is 11.5. The highest BCUT2D eigenvalue weighted by Gasteiger charge is 2.45. The molecule has 0 amide bonds. The summed E-state index contributed by atoms with van der Waals surface area (Å²) in [6, 6.07) is 5.35. The topological polar surface area (TPSA) is 60.8 Å². The number of hydrogen-bond acceptors (Lipinski definition) is 3. The van der Waals surface area contributed by atoms with E-state index in [1.807, 2.05) is 30.9 Å². The molecule has 0 saturated carbocycles. The first-order valence-electron chi connectivity index (χ1n) is 6.66. The third-order valence-corrected chi connectivity index (χ3v) is 4.26. The molecular weight excluding hydrogens is 242 g/mol. The lowest BCUT2D eigenvalue weighted by atomic mass is 9.95. The largest absolute Gasteiger partial charge is 0.508 e. The molecule has 1 aliphatic rings. The molecule has 0 radical (unpaired) electrons. The molecule has 2 atom stereocenters. The predicted molar refractivity (Wildman–Crippen MR) is 73.2 cm³/mol. The minimum absolute atomic E-state index is 0.108. The summed E-state index contributed by atoms with van der Waals surface area (Å²) in [6.45, 7) is 6.44. The number of carbonyl (C=O) groups is 1. The monoisotopic (exact) mass is 263 g/mol. The first-order chi connectivity index (χ1) is 8.86. The Bertz CT molecular complexity index is 500. The molecule has 4 nitrogen and oxygen atoms in total. The van der Waals surface area contributed by atoms with Gasteiger partial charge in [0.25, 0.3) is 0 Å². The van der Waals surface area contributed by atoms with Crippen LogP contribution in [0.15, 0.2) is 18.2 Å². The van der Waals surface area contributed by atoms with E-state index in [-0.39, 0.29) is 11.8 Å². The van der Waals surface area contributed by atoms with Crippen LogP contribution in [0.1, 0.15) is 43.9 Å².